The molecule has 0 N–H and O–H groups in total. The molecule has 4 rings (SSSR count). The predicted molar refractivity (Wildman–Crippen MR) is 102 cm³/mol. The summed E-state index contributed by atoms with van der Waals surface area (Å²) >= 11 is 0. The van der Waals surface area contributed by atoms with E-state index in [-0.39, 0.29) is 0 Å². The Kier molecular flexibility index (Phi) is 4.93. The summed E-state index contributed by atoms with van der Waals surface area (Å²) in [6.45, 7) is 3.03. The highest BCUT2D eigenvalue weighted by Gasteiger charge is 2.26. The van der Waals surface area contributed by atoms with Crippen LogP contribution >= 0.6 is 0 Å². The average Bonchev–Trinajstić information content (AvgIpc) is 3.35. The Morgan fingerprint density at radius 3 is 2.73 bits per heavy atom. The third-order valence-electron chi connectivity index (χ3n) is 4.91. The molecule has 1 aromatic carbocycles. The van der Waals surface area contributed by atoms with Crippen molar-refractivity contribution in [1.82, 2.24) is 24.9 Å². The van der Waals surface area contributed by atoms with Crippen LogP contribution in [0.3, 0.4) is 0 Å². The Morgan fingerprint density at radius 1 is 1.12 bits per heavy atom. The lowest BCUT2D eigenvalue weighted by Crippen LogP contribution is -2.39. The monoisotopic (exact) mass is 348 g/mol. The van der Waals surface area contributed by atoms with Crippen LogP contribution in [0.25, 0.3) is 5.69 Å². The summed E-state index contributed by atoms with van der Waals surface area (Å²) in [5, 5.41) is 12.6. The quantitative estimate of drug-likeness (QED) is 0.686. The zero-order valence-electron chi connectivity index (χ0n) is 15.1. The van der Waals surface area contributed by atoms with E-state index in [9.17, 15) is 0 Å². The van der Waals surface area contributed by atoms with E-state index in [2.05, 4.69) is 62.5 Å². The van der Waals surface area contributed by atoms with E-state index in [4.69, 9.17) is 0 Å². The molecule has 0 unspecified atom stereocenters. The van der Waals surface area contributed by atoms with Gasteiger partial charge < -0.3 is 9.80 Å². The van der Waals surface area contributed by atoms with E-state index in [1.54, 1.807) is 12.4 Å². The van der Waals surface area contributed by atoms with E-state index in [0.717, 1.165) is 31.1 Å². The van der Waals surface area contributed by atoms with Gasteiger partial charge in [0.15, 0.2) is 5.82 Å². The van der Waals surface area contributed by atoms with Crippen molar-refractivity contribution in [2.45, 2.75) is 25.4 Å². The van der Waals surface area contributed by atoms with Gasteiger partial charge in [0.05, 0.1) is 5.69 Å². The number of rotatable bonds is 6. The molecule has 1 aliphatic rings. The van der Waals surface area contributed by atoms with E-state index in [1.807, 2.05) is 23.0 Å². The molecule has 6 heteroatoms. The lowest BCUT2D eigenvalue weighted by molar-refractivity contribution is 0.303. The van der Waals surface area contributed by atoms with Crippen molar-refractivity contribution in [2.24, 2.45) is 0 Å². The Balaban J connectivity index is 1.37. The number of likely N-dealkylation sites (N-methyl/N-ethyl adjacent to an activating group) is 1. The molecular formula is C20H24N6. The van der Waals surface area contributed by atoms with Crippen molar-refractivity contribution >= 4 is 5.82 Å². The maximum absolute atomic E-state index is 4.29. The zero-order valence-corrected chi connectivity index (χ0v) is 15.1. The van der Waals surface area contributed by atoms with E-state index in [1.165, 1.54) is 18.4 Å². The minimum Gasteiger partial charge on any atom is -0.351 e. The van der Waals surface area contributed by atoms with Gasteiger partial charge in [-0.2, -0.15) is 10.2 Å². The van der Waals surface area contributed by atoms with Gasteiger partial charge in [0.1, 0.15) is 0 Å². The summed E-state index contributed by atoms with van der Waals surface area (Å²) < 4.78 is 1.88. The Bertz CT molecular complexity index is 800. The van der Waals surface area contributed by atoms with Crippen molar-refractivity contribution in [1.29, 1.82) is 0 Å². The lowest BCUT2D eigenvalue weighted by Gasteiger charge is -2.29. The molecule has 0 saturated carbocycles. The van der Waals surface area contributed by atoms with Gasteiger partial charge in [0.25, 0.3) is 0 Å². The van der Waals surface area contributed by atoms with Crippen molar-refractivity contribution in [2.75, 3.05) is 25.0 Å². The molecule has 2 aromatic heterocycles. The molecule has 3 aromatic rings. The van der Waals surface area contributed by atoms with E-state index in [0.29, 0.717) is 6.04 Å². The predicted octanol–water partition coefficient (Wildman–Crippen LogP) is 2.76. The number of hydrogen-bond donors (Lipinski definition) is 0. The summed E-state index contributed by atoms with van der Waals surface area (Å²) in [5.74, 6) is 0.993. The molecule has 6 nitrogen and oxygen atoms in total. The van der Waals surface area contributed by atoms with Crippen LogP contribution in [0.4, 0.5) is 5.82 Å². The zero-order chi connectivity index (χ0) is 17.8. The molecule has 3 heterocycles. The van der Waals surface area contributed by atoms with E-state index < -0.39 is 0 Å². The van der Waals surface area contributed by atoms with Gasteiger partial charge >= 0.3 is 0 Å². The highest BCUT2D eigenvalue weighted by Crippen LogP contribution is 2.24. The fraction of sp³-hybridized carbons (Fsp3) is 0.350. The Hall–Kier alpha value is -2.73. The fourth-order valence-corrected chi connectivity index (χ4v) is 3.69. The van der Waals surface area contributed by atoms with Gasteiger partial charge in [0.2, 0.25) is 0 Å². The normalized spacial score (nSPS) is 17.2. The number of benzene rings is 1. The molecule has 134 valence electrons. The minimum absolute atomic E-state index is 0.500. The SMILES string of the molecule is CN(Cc1ccc(-n2cccn2)cc1)C[C@@H]1CCCN1c1cccnn1. The average molecular weight is 348 g/mol. The van der Waals surface area contributed by atoms with Gasteiger partial charge in [-0.25, -0.2) is 4.68 Å². The maximum atomic E-state index is 4.29. The van der Waals surface area contributed by atoms with Crippen LogP contribution in [0.2, 0.25) is 0 Å². The van der Waals surface area contributed by atoms with Gasteiger partial charge in [-0.1, -0.05) is 12.1 Å². The third-order valence-corrected chi connectivity index (χ3v) is 4.91. The summed E-state index contributed by atoms with van der Waals surface area (Å²) in [4.78, 5) is 4.78. The van der Waals surface area contributed by atoms with Crippen LogP contribution in [-0.2, 0) is 6.54 Å². The largest absolute Gasteiger partial charge is 0.351 e. The van der Waals surface area contributed by atoms with Crippen molar-refractivity contribution in [3.05, 3.63) is 66.6 Å². The first-order chi connectivity index (χ1) is 12.8. The fourth-order valence-electron chi connectivity index (χ4n) is 3.69. The standard InChI is InChI=1S/C20H24N6/c1-24(15-17-7-9-18(10-8-17)26-14-4-12-22-26)16-19-5-3-13-25(19)20-6-2-11-21-23-20/h2,4,6-12,14,19H,3,5,13,15-16H2,1H3/t19-/m0/s1. The summed E-state index contributed by atoms with van der Waals surface area (Å²) in [5.41, 5.74) is 2.40. The molecule has 1 aliphatic heterocycles. The van der Waals surface area contributed by atoms with Crippen LogP contribution in [0.1, 0.15) is 18.4 Å². The van der Waals surface area contributed by atoms with Gasteiger partial charge in [0, 0.05) is 44.3 Å². The van der Waals surface area contributed by atoms with Crippen LogP contribution in [0.15, 0.2) is 61.1 Å². The van der Waals surface area contributed by atoms with Gasteiger partial charge in [-0.15, -0.1) is 5.10 Å². The summed E-state index contributed by atoms with van der Waals surface area (Å²) in [7, 11) is 2.19. The lowest BCUT2D eigenvalue weighted by atomic mass is 10.1. The molecule has 1 atom stereocenters. The Labute approximate surface area is 154 Å². The second-order valence-electron chi connectivity index (χ2n) is 6.89. The van der Waals surface area contributed by atoms with Crippen LogP contribution in [0.5, 0.6) is 0 Å². The first kappa shape index (κ1) is 16.7. The molecule has 0 bridgehead atoms. The third kappa shape index (κ3) is 3.75. The number of nitrogens with zero attached hydrogens (tertiary/aromatic N) is 6. The molecule has 0 amide bonds. The van der Waals surface area contributed by atoms with E-state index >= 15 is 0 Å². The van der Waals surface area contributed by atoms with Crippen molar-refractivity contribution in [3.8, 4) is 5.69 Å². The number of hydrogen-bond acceptors (Lipinski definition) is 5. The second-order valence-corrected chi connectivity index (χ2v) is 6.89. The number of aromatic nitrogens is 4. The summed E-state index contributed by atoms with van der Waals surface area (Å²) in [6, 6.07) is 15.1. The Morgan fingerprint density at radius 2 is 2.00 bits per heavy atom. The second kappa shape index (κ2) is 7.66. The van der Waals surface area contributed by atoms with Crippen LogP contribution in [-0.4, -0.2) is 51.1 Å². The topological polar surface area (TPSA) is 50.1 Å². The van der Waals surface area contributed by atoms with Crippen LogP contribution in [0, 0.1) is 0 Å². The highest BCUT2D eigenvalue weighted by molar-refractivity contribution is 5.39. The van der Waals surface area contributed by atoms with Crippen molar-refractivity contribution in [3.63, 3.8) is 0 Å². The minimum atomic E-state index is 0.500. The molecule has 0 aliphatic carbocycles. The first-order valence-electron chi connectivity index (χ1n) is 9.11. The maximum Gasteiger partial charge on any atom is 0.151 e. The molecule has 26 heavy (non-hydrogen) atoms. The molecule has 0 spiro atoms. The van der Waals surface area contributed by atoms with Crippen LogP contribution < -0.4 is 4.90 Å². The summed E-state index contributed by atoms with van der Waals surface area (Å²) in [6.07, 6.45) is 7.91. The smallest absolute Gasteiger partial charge is 0.151 e. The van der Waals surface area contributed by atoms with Gasteiger partial charge in [-0.3, -0.25) is 0 Å². The molecule has 0 radical (unpaired) electrons. The molecule has 1 fully saturated rings. The van der Waals surface area contributed by atoms with Gasteiger partial charge in [-0.05, 0) is 55.8 Å². The highest BCUT2D eigenvalue weighted by atomic mass is 15.3. The first-order valence-corrected chi connectivity index (χ1v) is 9.11. The number of anilines is 1. The molecule has 1 saturated heterocycles. The molecular weight excluding hydrogens is 324 g/mol. The van der Waals surface area contributed by atoms with Crippen molar-refractivity contribution < 1.29 is 0 Å².